The second-order valence-electron chi connectivity index (χ2n) is 7.65. The highest BCUT2D eigenvalue weighted by Gasteiger charge is 2.29. The average molecular weight is 389 g/mol. The fourth-order valence-electron chi connectivity index (χ4n) is 4.37. The molecule has 2 atom stereocenters. The smallest absolute Gasteiger partial charge is 0.251 e. The van der Waals surface area contributed by atoms with Crippen molar-refractivity contribution in [1.29, 1.82) is 0 Å². The van der Waals surface area contributed by atoms with Crippen LogP contribution in [-0.4, -0.2) is 26.2 Å². The molecule has 3 aromatic rings. The summed E-state index contributed by atoms with van der Waals surface area (Å²) in [4.78, 5) is 13.0. The van der Waals surface area contributed by atoms with Crippen molar-refractivity contribution in [2.75, 3.05) is 14.2 Å². The molecule has 1 aliphatic rings. The minimum atomic E-state index is -0.00636. The van der Waals surface area contributed by atoms with Gasteiger partial charge in [0.15, 0.2) is 11.5 Å². The first-order valence-electron chi connectivity index (χ1n) is 10.2. The molecule has 1 aliphatic carbocycles. The van der Waals surface area contributed by atoms with Crippen LogP contribution in [0.1, 0.15) is 47.5 Å². The highest BCUT2D eigenvalue weighted by molar-refractivity contribution is 5.98. The molecule has 4 heteroatoms. The van der Waals surface area contributed by atoms with Crippen molar-refractivity contribution >= 4 is 16.7 Å². The summed E-state index contributed by atoms with van der Waals surface area (Å²) < 4.78 is 10.9. The van der Waals surface area contributed by atoms with Gasteiger partial charge in [0.05, 0.1) is 14.2 Å². The summed E-state index contributed by atoms with van der Waals surface area (Å²) in [5, 5.41) is 5.53. The van der Waals surface area contributed by atoms with Crippen LogP contribution in [0.25, 0.3) is 10.8 Å². The normalized spacial score (nSPS) is 19.0. The molecule has 0 aliphatic heterocycles. The monoisotopic (exact) mass is 389 g/mol. The summed E-state index contributed by atoms with van der Waals surface area (Å²) in [5.74, 6) is 1.72. The van der Waals surface area contributed by atoms with E-state index in [2.05, 4.69) is 17.4 Å². The van der Waals surface area contributed by atoms with Gasteiger partial charge >= 0.3 is 0 Å². The van der Waals surface area contributed by atoms with Crippen molar-refractivity contribution in [2.24, 2.45) is 0 Å². The van der Waals surface area contributed by atoms with Crippen LogP contribution in [0.3, 0.4) is 0 Å². The first kappa shape index (κ1) is 19.3. The van der Waals surface area contributed by atoms with E-state index in [1.807, 2.05) is 48.5 Å². The number of nitrogens with one attached hydrogen (secondary N) is 1. The predicted octanol–water partition coefficient (Wildman–Crippen LogP) is 5.31. The van der Waals surface area contributed by atoms with Crippen LogP contribution in [0.5, 0.6) is 11.5 Å². The second-order valence-corrected chi connectivity index (χ2v) is 7.65. The van der Waals surface area contributed by atoms with Gasteiger partial charge in [0.1, 0.15) is 0 Å². The average Bonchev–Trinajstić information content (AvgIpc) is 2.78. The third-order valence-electron chi connectivity index (χ3n) is 5.93. The highest BCUT2D eigenvalue weighted by atomic mass is 16.5. The van der Waals surface area contributed by atoms with Gasteiger partial charge in [0.25, 0.3) is 5.91 Å². The number of carbonyl (C=O) groups excluding carboxylic acids is 1. The fraction of sp³-hybridized carbons (Fsp3) is 0.320. The van der Waals surface area contributed by atoms with E-state index in [0.717, 1.165) is 41.5 Å². The molecule has 0 saturated heterocycles. The van der Waals surface area contributed by atoms with Crippen molar-refractivity contribution in [3.05, 3.63) is 71.8 Å². The largest absolute Gasteiger partial charge is 0.493 e. The van der Waals surface area contributed by atoms with Crippen molar-refractivity contribution in [2.45, 2.75) is 37.6 Å². The maximum absolute atomic E-state index is 13.0. The lowest BCUT2D eigenvalue weighted by Gasteiger charge is -2.33. The molecule has 0 radical (unpaired) electrons. The van der Waals surface area contributed by atoms with Gasteiger partial charge in [-0.05, 0) is 53.4 Å². The second kappa shape index (κ2) is 8.56. The molecule has 3 aromatic carbocycles. The zero-order valence-electron chi connectivity index (χ0n) is 17.0. The molecule has 1 amide bonds. The molecule has 150 valence electrons. The summed E-state index contributed by atoms with van der Waals surface area (Å²) in [6.45, 7) is 0. The van der Waals surface area contributed by atoms with E-state index in [1.54, 1.807) is 14.2 Å². The number of methoxy groups -OCH3 is 2. The Hall–Kier alpha value is -3.01. The zero-order chi connectivity index (χ0) is 20.2. The van der Waals surface area contributed by atoms with Crippen LogP contribution in [-0.2, 0) is 0 Å². The first-order valence-corrected chi connectivity index (χ1v) is 10.2. The first-order chi connectivity index (χ1) is 14.2. The lowest BCUT2D eigenvalue weighted by Crippen LogP contribution is -2.41. The summed E-state index contributed by atoms with van der Waals surface area (Å²) in [6.07, 6.45) is 4.34. The maximum atomic E-state index is 13.0. The SMILES string of the molecule is COc1ccc([C@H]2CCCC[C@H]2NC(=O)c2ccc3ccccc3c2)cc1OC. The molecule has 1 saturated carbocycles. The number of hydrogen-bond acceptors (Lipinski definition) is 3. The van der Waals surface area contributed by atoms with Crippen LogP contribution < -0.4 is 14.8 Å². The number of ether oxygens (including phenoxy) is 2. The molecule has 0 heterocycles. The van der Waals surface area contributed by atoms with Crippen LogP contribution >= 0.6 is 0 Å². The van der Waals surface area contributed by atoms with E-state index in [9.17, 15) is 4.79 Å². The van der Waals surface area contributed by atoms with Crippen LogP contribution in [0.4, 0.5) is 0 Å². The van der Waals surface area contributed by atoms with E-state index in [4.69, 9.17) is 9.47 Å². The molecule has 4 nitrogen and oxygen atoms in total. The summed E-state index contributed by atoms with van der Waals surface area (Å²) in [6, 6.07) is 20.2. The fourth-order valence-corrected chi connectivity index (χ4v) is 4.37. The molecule has 1 N–H and O–H groups in total. The van der Waals surface area contributed by atoms with Crippen molar-refractivity contribution < 1.29 is 14.3 Å². The third kappa shape index (κ3) is 4.07. The van der Waals surface area contributed by atoms with Gasteiger partial charge < -0.3 is 14.8 Å². The molecule has 0 bridgehead atoms. The van der Waals surface area contributed by atoms with Crippen LogP contribution in [0, 0.1) is 0 Å². The van der Waals surface area contributed by atoms with Gasteiger partial charge in [0.2, 0.25) is 0 Å². The Labute approximate surface area is 171 Å². The minimum absolute atomic E-state index is 0.00636. The molecular formula is C25H27NO3. The minimum Gasteiger partial charge on any atom is -0.493 e. The Balaban J connectivity index is 1.56. The Morgan fingerprint density at radius 1 is 0.862 bits per heavy atom. The number of carbonyl (C=O) groups is 1. The number of fused-ring (bicyclic) bond motifs is 1. The Morgan fingerprint density at radius 3 is 2.41 bits per heavy atom. The van der Waals surface area contributed by atoms with E-state index in [-0.39, 0.29) is 17.9 Å². The van der Waals surface area contributed by atoms with Gasteiger partial charge in [-0.3, -0.25) is 4.79 Å². The van der Waals surface area contributed by atoms with Crippen molar-refractivity contribution in [3.63, 3.8) is 0 Å². The molecular weight excluding hydrogens is 362 g/mol. The number of rotatable bonds is 5. The van der Waals surface area contributed by atoms with Crippen LogP contribution in [0.2, 0.25) is 0 Å². The summed E-state index contributed by atoms with van der Waals surface area (Å²) in [5.41, 5.74) is 1.89. The number of hydrogen-bond donors (Lipinski definition) is 1. The standard InChI is InChI=1S/C25H27NO3/c1-28-23-14-13-19(16-24(23)29-2)21-9-5-6-10-22(21)26-25(27)20-12-11-17-7-3-4-8-18(17)15-20/h3-4,7-8,11-16,21-22H,5-6,9-10H2,1-2H3,(H,26,27)/t21-,22-/m1/s1. The number of amides is 1. The van der Waals surface area contributed by atoms with E-state index in [0.29, 0.717) is 5.56 Å². The van der Waals surface area contributed by atoms with Gasteiger partial charge in [-0.1, -0.05) is 49.2 Å². The summed E-state index contributed by atoms with van der Waals surface area (Å²) >= 11 is 0. The third-order valence-corrected chi connectivity index (χ3v) is 5.93. The molecule has 29 heavy (non-hydrogen) atoms. The topological polar surface area (TPSA) is 47.6 Å². The number of benzene rings is 3. The van der Waals surface area contributed by atoms with Gasteiger partial charge in [-0.2, -0.15) is 0 Å². The van der Waals surface area contributed by atoms with E-state index in [1.165, 1.54) is 12.0 Å². The quantitative estimate of drug-likeness (QED) is 0.643. The van der Waals surface area contributed by atoms with E-state index < -0.39 is 0 Å². The van der Waals surface area contributed by atoms with Crippen molar-refractivity contribution in [3.8, 4) is 11.5 Å². The maximum Gasteiger partial charge on any atom is 0.251 e. The predicted molar refractivity (Wildman–Crippen MR) is 116 cm³/mol. The zero-order valence-corrected chi connectivity index (χ0v) is 17.0. The van der Waals surface area contributed by atoms with Gasteiger partial charge in [-0.25, -0.2) is 0 Å². The molecule has 0 aromatic heterocycles. The van der Waals surface area contributed by atoms with Crippen molar-refractivity contribution in [1.82, 2.24) is 5.32 Å². The lowest BCUT2D eigenvalue weighted by molar-refractivity contribution is 0.0921. The lowest BCUT2D eigenvalue weighted by atomic mass is 9.79. The Morgan fingerprint density at radius 2 is 1.62 bits per heavy atom. The van der Waals surface area contributed by atoms with Crippen LogP contribution in [0.15, 0.2) is 60.7 Å². The van der Waals surface area contributed by atoms with Gasteiger partial charge in [-0.15, -0.1) is 0 Å². The van der Waals surface area contributed by atoms with E-state index >= 15 is 0 Å². The highest BCUT2D eigenvalue weighted by Crippen LogP contribution is 2.37. The Bertz CT molecular complexity index is 1010. The van der Waals surface area contributed by atoms with Gasteiger partial charge in [0, 0.05) is 17.5 Å². The molecule has 4 rings (SSSR count). The molecule has 0 spiro atoms. The summed E-state index contributed by atoms with van der Waals surface area (Å²) in [7, 11) is 3.30. The Kier molecular flexibility index (Phi) is 5.70. The molecule has 1 fully saturated rings. The molecule has 0 unspecified atom stereocenters.